The van der Waals surface area contributed by atoms with Crippen LogP contribution >= 0.6 is 23.4 Å². The van der Waals surface area contributed by atoms with Crippen LogP contribution in [0.15, 0.2) is 42.6 Å². The molecule has 1 aromatic heterocycles. The average molecular weight is 321 g/mol. The van der Waals surface area contributed by atoms with Crippen molar-refractivity contribution < 1.29 is 9.53 Å². The molecule has 2 heterocycles. The molecule has 1 aliphatic heterocycles. The first kappa shape index (κ1) is 14.2. The molecule has 0 spiro atoms. The van der Waals surface area contributed by atoms with Crippen LogP contribution in [0.4, 0.5) is 5.69 Å². The van der Waals surface area contributed by atoms with Crippen molar-refractivity contribution in [2.45, 2.75) is 5.37 Å². The third-order valence-corrected chi connectivity index (χ3v) is 4.63. The molecule has 0 bridgehead atoms. The molecule has 0 N–H and O–H groups in total. The maximum Gasteiger partial charge on any atom is 0.238 e. The second kappa shape index (κ2) is 5.95. The van der Waals surface area contributed by atoms with E-state index in [1.807, 2.05) is 18.2 Å². The Bertz CT molecular complexity index is 666. The second-order valence-corrected chi connectivity index (χ2v) is 6.00. The van der Waals surface area contributed by atoms with Crippen molar-refractivity contribution in [3.8, 4) is 5.75 Å². The molecule has 108 valence electrons. The number of anilines is 1. The number of methoxy groups -OCH3 is 1. The largest absolute Gasteiger partial charge is 0.495 e. The normalized spacial score (nSPS) is 18.1. The Labute approximate surface area is 132 Å². The number of ether oxygens (including phenoxy) is 1. The number of pyridine rings is 1. The zero-order chi connectivity index (χ0) is 14.8. The van der Waals surface area contributed by atoms with Crippen LogP contribution in [0.3, 0.4) is 0 Å². The predicted octanol–water partition coefficient (Wildman–Crippen LogP) is 3.52. The van der Waals surface area contributed by atoms with Crippen molar-refractivity contribution in [3.05, 3.63) is 53.3 Å². The van der Waals surface area contributed by atoms with E-state index in [-0.39, 0.29) is 11.3 Å². The van der Waals surface area contributed by atoms with E-state index in [2.05, 4.69) is 4.98 Å². The van der Waals surface area contributed by atoms with Gasteiger partial charge in [-0.2, -0.15) is 0 Å². The molecule has 0 radical (unpaired) electrons. The highest BCUT2D eigenvalue weighted by molar-refractivity contribution is 8.00. The summed E-state index contributed by atoms with van der Waals surface area (Å²) in [5, 5.41) is 0.404. The van der Waals surface area contributed by atoms with Gasteiger partial charge in [0, 0.05) is 11.2 Å². The molecule has 1 atom stereocenters. The van der Waals surface area contributed by atoms with Crippen LogP contribution in [0.2, 0.25) is 5.02 Å². The standard InChI is InChI=1S/C15H13ClN2O2S/c1-20-13-6-5-10(16)8-12(13)18-14(19)9-21-15(18)11-4-2-3-7-17-11/h2-8,15H,9H2,1H3. The van der Waals surface area contributed by atoms with Gasteiger partial charge in [0.2, 0.25) is 5.91 Å². The van der Waals surface area contributed by atoms with E-state index < -0.39 is 0 Å². The first-order valence-electron chi connectivity index (χ1n) is 6.39. The lowest BCUT2D eigenvalue weighted by atomic mass is 10.2. The van der Waals surface area contributed by atoms with Gasteiger partial charge in [0.25, 0.3) is 0 Å². The molecule has 3 rings (SSSR count). The van der Waals surface area contributed by atoms with Crippen molar-refractivity contribution in [1.29, 1.82) is 0 Å². The molecule has 6 heteroatoms. The topological polar surface area (TPSA) is 42.4 Å². The minimum Gasteiger partial charge on any atom is -0.495 e. The van der Waals surface area contributed by atoms with E-state index in [9.17, 15) is 4.79 Å². The number of halogens is 1. The number of amides is 1. The van der Waals surface area contributed by atoms with Gasteiger partial charge in [0.15, 0.2) is 0 Å². The van der Waals surface area contributed by atoms with Crippen LogP contribution in [-0.2, 0) is 4.79 Å². The number of thioether (sulfide) groups is 1. The van der Waals surface area contributed by atoms with Crippen molar-refractivity contribution in [1.82, 2.24) is 4.98 Å². The number of carbonyl (C=O) groups excluding carboxylic acids is 1. The first-order chi connectivity index (χ1) is 10.2. The second-order valence-electron chi connectivity index (χ2n) is 4.50. The Hall–Kier alpha value is -1.72. The van der Waals surface area contributed by atoms with Crippen LogP contribution in [0, 0.1) is 0 Å². The summed E-state index contributed by atoms with van der Waals surface area (Å²) in [6.45, 7) is 0. The van der Waals surface area contributed by atoms with Gasteiger partial charge in [0.05, 0.1) is 24.2 Å². The summed E-state index contributed by atoms with van der Waals surface area (Å²) in [4.78, 5) is 18.4. The fourth-order valence-electron chi connectivity index (χ4n) is 2.28. The zero-order valence-corrected chi connectivity index (χ0v) is 12.9. The fourth-order valence-corrected chi connectivity index (χ4v) is 3.57. The quantitative estimate of drug-likeness (QED) is 0.867. The molecule has 0 saturated carbocycles. The van der Waals surface area contributed by atoms with E-state index in [4.69, 9.17) is 16.3 Å². The number of hydrogen-bond donors (Lipinski definition) is 0. The fraction of sp³-hybridized carbons (Fsp3) is 0.200. The molecule has 1 saturated heterocycles. The summed E-state index contributed by atoms with van der Waals surface area (Å²) in [5.74, 6) is 1.06. The number of carbonyl (C=O) groups is 1. The zero-order valence-electron chi connectivity index (χ0n) is 11.3. The van der Waals surface area contributed by atoms with Crippen molar-refractivity contribution >= 4 is 35.0 Å². The molecule has 1 fully saturated rings. The molecule has 1 aliphatic rings. The van der Waals surface area contributed by atoms with Gasteiger partial charge < -0.3 is 4.74 Å². The van der Waals surface area contributed by atoms with Crippen LogP contribution in [0.1, 0.15) is 11.1 Å². The SMILES string of the molecule is COc1ccc(Cl)cc1N1C(=O)CSC1c1ccccn1. The van der Waals surface area contributed by atoms with Gasteiger partial charge in [-0.25, -0.2) is 0 Å². The summed E-state index contributed by atoms with van der Waals surface area (Å²) < 4.78 is 5.36. The molecule has 1 unspecified atom stereocenters. The van der Waals surface area contributed by atoms with E-state index in [1.165, 1.54) is 0 Å². The van der Waals surface area contributed by atoms with Crippen LogP contribution in [-0.4, -0.2) is 23.8 Å². The Kier molecular flexibility index (Phi) is 4.03. The molecule has 2 aromatic rings. The maximum absolute atomic E-state index is 12.3. The Morgan fingerprint density at radius 2 is 2.24 bits per heavy atom. The molecule has 4 nitrogen and oxygen atoms in total. The van der Waals surface area contributed by atoms with Gasteiger partial charge in [-0.3, -0.25) is 14.7 Å². The van der Waals surface area contributed by atoms with Crippen LogP contribution in [0.5, 0.6) is 5.75 Å². The number of nitrogens with zero attached hydrogens (tertiary/aromatic N) is 2. The highest BCUT2D eigenvalue weighted by Crippen LogP contribution is 2.44. The summed E-state index contributed by atoms with van der Waals surface area (Å²) >= 11 is 7.62. The molecule has 1 aromatic carbocycles. The molecule has 0 aliphatic carbocycles. The van der Waals surface area contributed by atoms with E-state index >= 15 is 0 Å². The lowest BCUT2D eigenvalue weighted by Crippen LogP contribution is -2.28. The van der Waals surface area contributed by atoms with Crippen molar-refractivity contribution in [3.63, 3.8) is 0 Å². The number of rotatable bonds is 3. The van der Waals surface area contributed by atoms with Gasteiger partial charge in [-0.1, -0.05) is 17.7 Å². The van der Waals surface area contributed by atoms with Crippen LogP contribution < -0.4 is 9.64 Å². The Morgan fingerprint density at radius 1 is 1.38 bits per heavy atom. The number of hydrogen-bond acceptors (Lipinski definition) is 4. The van der Waals surface area contributed by atoms with Gasteiger partial charge in [-0.15, -0.1) is 11.8 Å². The minimum absolute atomic E-state index is 0.0243. The van der Waals surface area contributed by atoms with Gasteiger partial charge >= 0.3 is 0 Å². The summed E-state index contributed by atoms with van der Waals surface area (Å²) in [7, 11) is 1.58. The van der Waals surface area contributed by atoms with Gasteiger partial charge in [-0.05, 0) is 30.3 Å². The smallest absolute Gasteiger partial charge is 0.238 e. The maximum atomic E-state index is 12.3. The predicted molar refractivity (Wildman–Crippen MR) is 84.9 cm³/mol. The Balaban J connectivity index is 2.06. The lowest BCUT2D eigenvalue weighted by molar-refractivity contribution is -0.115. The summed E-state index contributed by atoms with van der Waals surface area (Å²) in [5.41, 5.74) is 1.52. The third-order valence-electron chi connectivity index (χ3n) is 3.21. The summed E-state index contributed by atoms with van der Waals surface area (Å²) in [6, 6.07) is 10.9. The molecule has 1 amide bonds. The number of benzene rings is 1. The third kappa shape index (κ3) is 2.71. The lowest BCUT2D eigenvalue weighted by Gasteiger charge is -2.25. The number of aromatic nitrogens is 1. The molecule has 21 heavy (non-hydrogen) atoms. The highest BCUT2D eigenvalue weighted by atomic mass is 35.5. The van der Waals surface area contributed by atoms with E-state index in [0.717, 1.165) is 5.69 Å². The monoisotopic (exact) mass is 320 g/mol. The van der Waals surface area contributed by atoms with E-state index in [0.29, 0.717) is 22.2 Å². The average Bonchev–Trinajstić information content (AvgIpc) is 2.89. The Morgan fingerprint density at radius 3 is 2.95 bits per heavy atom. The van der Waals surface area contributed by atoms with Crippen LogP contribution in [0.25, 0.3) is 0 Å². The van der Waals surface area contributed by atoms with Crippen molar-refractivity contribution in [2.24, 2.45) is 0 Å². The van der Waals surface area contributed by atoms with E-state index in [1.54, 1.807) is 48.2 Å². The molecular formula is C15H13ClN2O2S. The van der Waals surface area contributed by atoms with Gasteiger partial charge in [0.1, 0.15) is 11.1 Å². The first-order valence-corrected chi connectivity index (χ1v) is 7.81. The summed E-state index contributed by atoms with van der Waals surface area (Å²) in [6.07, 6.45) is 1.73. The highest BCUT2D eigenvalue weighted by Gasteiger charge is 2.36. The molecular weight excluding hydrogens is 308 g/mol. The van der Waals surface area contributed by atoms with Crippen molar-refractivity contribution in [2.75, 3.05) is 17.8 Å². The minimum atomic E-state index is -0.161.